The molecule has 0 aromatic heterocycles. The molecule has 6 nitrogen and oxygen atoms in total. The first-order valence-corrected chi connectivity index (χ1v) is 7.25. The molecule has 0 bridgehead atoms. The van der Waals surface area contributed by atoms with Crippen molar-refractivity contribution in [1.82, 2.24) is 15.5 Å². The molecule has 1 fully saturated rings. The van der Waals surface area contributed by atoms with Crippen LogP contribution in [0.5, 0.6) is 0 Å². The van der Waals surface area contributed by atoms with Crippen LogP contribution in [0.25, 0.3) is 0 Å². The molecule has 0 atom stereocenters. The van der Waals surface area contributed by atoms with Gasteiger partial charge in [0.05, 0.1) is 0 Å². The molecule has 2 aliphatic heterocycles. The van der Waals surface area contributed by atoms with E-state index in [1.165, 1.54) is 12.3 Å². The summed E-state index contributed by atoms with van der Waals surface area (Å²) in [7, 11) is 0. The van der Waals surface area contributed by atoms with Crippen LogP contribution in [-0.4, -0.2) is 49.4 Å². The highest BCUT2D eigenvalue weighted by Crippen LogP contribution is 2.30. The number of allylic oxidation sites excluding steroid dienone is 1. The molecule has 1 amide bonds. The van der Waals surface area contributed by atoms with Crippen LogP contribution in [0.1, 0.15) is 26.7 Å². The minimum absolute atomic E-state index is 0.0729. The van der Waals surface area contributed by atoms with Crippen molar-refractivity contribution in [2.75, 3.05) is 32.8 Å². The lowest BCUT2D eigenvalue weighted by atomic mass is 9.76. The summed E-state index contributed by atoms with van der Waals surface area (Å²) in [6, 6.07) is 0. The third-order valence-corrected chi connectivity index (χ3v) is 4.03. The minimum Gasteiger partial charge on any atom is -0.332 e. The van der Waals surface area contributed by atoms with Crippen LogP contribution in [0, 0.1) is 5.41 Å². The fourth-order valence-electron chi connectivity index (χ4n) is 2.42. The van der Waals surface area contributed by atoms with Gasteiger partial charge in [-0.1, -0.05) is 13.8 Å². The Bertz CT molecular complexity index is 358. The molecule has 0 aromatic rings. The molecule has 2 aliphatic rings. The SMILES string of the molecule is CCC1(CC)C(=O)C=CNC1=O.NCN1CCNCC1. The summed E-state index contributed by atoms with van der Waals surface area (Å²) in [6.45, 7) is 8.84. The number of carbonyl (C=O) groups excluding carboxylic acids is 2. The molecule has 2 heterocycles. The largest absolute Gasteiger partial charge is 0.332 e. The van der Waals surface area contributed by atoms with E-state index in [4.69, 9.17) is 5.73 Å². The van der Waals surface area contributed by atoms with E-state index in [-0.39, 0.29) is 11.7 Å². The second kappa shape index (κ2) is 8.14. The highest BCUT2D eigenvalue weighted by atomic mass is 16.2. The second-order valence-corrected chi connectivity index (χ2v) is 5.01. The van der Waals surface area contributed by atoms with Crippen LogP contribution in [-0.2, 0) is 9.59 Å². The molecule has 6 heteroatoms. The van der Waals surface area contributed by atoms with Gasteiger partial charge in [0.15, 0.2) is 5.78 Å². The van der Waals surface area contributed by atoms with Crippen molar-refractivity contribution >= 4 is 11.7 Å². The van der Waals surface area contributed by atoms with Crippen LogP contribution >= 0.6 is 0 Å². The second-order valence-electron chi connectivity index (χ2n) is 5.01. The van der Waals surface area contributed by atoms with E-state index >= 15 is 0 Å². The van der Waals surface area contributed by atoms with Gasteiger partial charge in [0.2, 0.25) is 5.91 Å². The van der Waals surface area contributed by atoms with Gasteiger partial charge < -0.3 is 16.4 Å². The number of nitrogens with one attached hydrogen (secondary N) is 2. The molecule has 2 rings (SSSR count). The number of piperazine rings is 1. The van der Waals surface area contributed by atoms with E-state index in [9.17, 15) is 9.59 Å². The normalized spacial score (nSPS) is 21.9. The number of rotatable bonds is 3. The molecule has 4 N–H and O–H groups in total. The van der Waals surface area contributed by atoms with E-state index in [0.29, 0.717) is 19.5 Å². The smallest absolute Gasteiger partial charge is 0.237 e. The number of hydrogen-bond donors (Lipinski definition) is 3. The van der Waals surface area contributed by atoms with Gasteiger partial charge in [-0.2, -0.15) is 0 Å². The molecule has 114 valence electrons. The lowest BCUT2D eigenvalue weighted by molar-refractivity contribution is -0.140. The van der Waals surface area contributed by atoms with Crippen molar-refractivity contribution in [2.45, 2.75) is 26.7 Å². The maximum absolute atomic E-state index is 11.4. The van der Waals surface area contributed by atoms with Crippen molar-refractivity contribution in [1.29, 1.82) is 0 Å². The fraction of sp³-hybridized carbons (Fsp3) is 0.714. The Hall–Kier alpha value is -1.24. The molecular weight excluding hydrogens is 256 g/mol. The molecule has 20 heavy (non-hydrogen) atoms. The van der Waals surface area contributed by atoms with Gasteiger partial charge in [-0.15, -0.1) is 0 Å². The number of hydrogen-bond acceptors (Lipinski definition) is 5. The van der Waals surface area contributed by atoms with E-state index in [0.717, 1.165) is 26.2 Å². The summed E-state index contributed by atoms with van der Waals surface area (Å²) in [4.78, 5) is 25.1. The van der Waals surface area contributed by atoms with Gasteiger partial charge in [0.25, 0.3) is 0 Å². The monoisotopic (exact) mass is 282 g/mol. The zero-order valence-electron chi connectivity index (χ0n) is 12.4. The standard InChI is InChI=1S/C9H13NO2.C5H13N3/c1-3-9(4-2)7(11)5-6-10-8(9)12;6-5-8-3-1-7-2-4-8/h5-6H,3-4H2,1-2H3,(H,10,12);7H,1-6H2. The Balaban J connectivity index is 0.000000217. The Morgan fingerprint density at radius 2 is 1.85 bits per heavy atom. The van der Waals surface area contributed by atoms with Gasteiger partial charge in [-0.05, 0) is 18.9 Å². The highest BCUT2D eigenvalue weighted by molar-refractivity contribution is 6.13. The van der Waals surface area contributed by atoms with Crippen LogP contribution in [0.2, 0.25) is 0 Å². The van der Waals surface area contributed by atoms with Crippen molar-refractivity contribution < 1.29 is 9.59 Å². The molecule has 0 aliphatic carbocycles. The number of nitrogens with zero attached hydrogens (tertiary/aromatic N) is 1. The van der Waals surface area contributed by atoms with Crippen molar-refractivity contribution in [3.8, 4) is 0 Å². The van der Waals surface area contributed by atoms with Crippen molar-refractivity contribution in [3.63, 3.8) is 0 Å². The topological polar surface area (TPSA) is 87.5 Å². The van der Waals surface area contributed by atoms with Gasteiger partial charge in [-0.25, -0.2) is 0 Å². The third kappa shape index (κ3) is 3.88. The van der Waals surface area contributed by atoms with E-state index in [1.807, 2.05) is 13.8 Å². The molecule has 0 saturated carbocycles. The van der Waals surface area contributed by atoms with Crippen molar-refractivity contribution in [2.24, 2.45) is 11.1 Å². The molecule has 1 saturated heterocycles. The Morgan fingerprint density at radius 1 is 1.25 bits per heavy atom. The van der Waals surface area contributed by atoms with Crippen LogP contribution in [0.4, 0.5) is 0 Å². The summed E-state index contributed by atoms with van der Waals surface area (Å²) in [5.74, 6) is -0.240. The molecular formula is C14H26N4O2. The summed E-state index contributed by atoms with van der Waals surface area (Å²) >= 11 is 0. The first kappa shape index (κ1) is 16.8. The lowest BCUT2D eigenvalue weighted by Crippen LogP contribution is -2.46. The molecule has 0 radical (unpaired) electrons. The lowest BCUT2D eigenvalue weighted by Gasteiger charge is -2.29. The zero-order chi connectivity index (χ0) is 15.0. The number of amides is 1. The number of ketones is 1. The molecule has 0 unspecified atom stereocenters. The minimum atomic E-state index is -0.797. The summed E-state index contributed by atoms with van der Waals surface area (Å²) in [5.41, 5.74) is 4.60. The zero-order valence-corrected chi connectivity index (χ0v) is 12.4. The number of carbonyl (C=O) groups is 2. The van der Waals surface area contributed by atoms with Gasteiger partial charge in [0, 0.05) is 39.0 Å². The van der Waals surface area contributed by atoms with Crippen LogP contribution in [0.15, 0.2) is 12.3 Å². The van der Waals surface area contributed by atoms with Crippen molar-refractivity contribution in [3.05, 3.63) is 12.3 Å². The Labute approximate surface area is 120 Å². The molecule has 0 spiro atoms. The summed E-state index contributed by atoms with van der Waals surface area (Å²) < 4.78 is 0. The summed E-state index contributed by atoms with van der Waals surface area (Å²) in [5, 5.41) is 5.82. The maximum Gasteiger partial charge on any atom is 0.237 e. The van der Waals surface area contributed by atoms with Gasteiger partial charge in [0.1, 0.15) is 5.41 Å². The average Bonchev–Trinajstić information content (AvgIpc) is 2.50. The first-order valence-electron chi connectivity index (χ1n) is 7.25. The van der Waals surface area contributed by atoms with E-state index in [2.05, 4.69) is 15.5 Å². The van der Waals surface area contributed by atoms with Gasteiger partial charge in [-0.3, -0.25) is 14.5 Å². The van der Waals surface area contributed by atoms with E-state index < -0.39 is 5.41 Å². The average molecular weight is 282 g/mol. The first-order chi connectivity index (χ1) is 9.60. The number of nitrogens with two attached hydrogens (primary N) is 1. The van der Waals surface area contributed by atoms with Crippen LogP contribution < -0.4 is 16.4 Å². The fourth-order valence-corrected chi connectivity index (χ4v) is 2.42. The Morgan fingerprint density at radius 3 is 2.20 bits per heavy atom. The van der Waals surface area contributed by atoms with Gasteiger partial charge >= 0.3 is 0 Å². The molecule has 0 aromatic carbocycles. The predicted molar refractivity (Wildman–Crippen MR) is 78.8 cm³/mol. The highest BCUT2D eigenvalue weighted by Gasteiger charge is 2.42. The quantitative estimate of drug-likeness (QED) is 0.625. The van der Waals surface area contributed by atoms with E-state index in [1.54, 1.807) is 0 Å². The van der Waals surface area contributed by atoms with Crippen LogP contribution in [0.3, 0.4) is 0 Å². The third-order valence-electron chi connectivity index (χ3n) is 4.03. The summed E-state index contributed by atoms with van der Waals surface area (Å²) in [6.07, 6.45) is 3.99. The Kier molecular flexibility index (Phi) is 6.84. The predicted octanol–water partition coefficient (Wildman–Crippen LogP) is -0.187. The maximum atomic E-state index is 11.4.